The molecule has 2 N–H and O–H groups in total. The molecule has 2 aromatic carbocycles. The lowest BCUT2D eigenvalue weighted by Crippen LogP contribution is -3.08. The number of hydrogen-bond donors (Lipinski definition) is 2. The number of carbonyl (C=O) groups is 1. The molecule has 1 amide bonds. The molecule has 1 unspecified atom stereocenters. The molecule has 1 atom stereocenters. The van der Waals surface area contributed by atoms with Crippen LogP contribution in [-0.4, -0.2) is 39.7 Å². The van der Waals surface area contributed by atoms with Crippen LogP contribution >= 0.6 is 0 Å². The molecule has 1 saturated heterocycles. The van der Waals surface area contributed by atoms with Crippen molar-refractivity contribution < 1.29 is 18.8 Å². The minimum Gasteiger partial charge on any atom is -0.494 e. The summed E-state index contributed by atoms with van der Waals surface area (Å²) in [4.78, 5) is 15.6. The van der Waals surface area contributed by atoms with Gasteiger partial charge in [0.05, 0.1) is 14.2 Å². The first-order valence-corrected chi connectivity index (χ1v) is 9.34. The van der Waals surface area contributed by atoms with E-state index in [1.54, 1.807) is 6.07 Å². The van der Waals surface area contributed by atoms with Crippen molar-refractivity contribution in [2.75, 3.05) is 44.0 Å². The SMILES string of the molecule is COc1ccc(C[NH+](C)CC(=O)Nc2ccc(N3CCCC3)cc2)cc1F. The Morgan fingerprint density at radius 1 is 1.19 bits per heavy atom. The predicted octanol–water partition coefficient (Wildman–Crippen LogP) is 2.09. The van der Waals surface area contributed by atoms with E-state index < -0.39 is 0 Å². The van der Waals surface area contributed by atoms with Crippen molar-refractivity contribution in [2.24, 2.45) is 0 Å². The van der Waals surface area contributed by atoms with Crippen LogP contribution in [0.3, 0.4) is 0 Å². The minimum absolute atomic E-state index is 0.0598. The van der Waals surface area contributed by atoms with Gasteiger partial charge >= 0.3 is 0 Å². The largest absolute Gasteiger partial charge is 0.494 e. The summed E-state index contributed by atoms with van der Waals surface area (Å²) < 4.78 is 18.7. The number of amides is 1. The molecule has 144 valence electrons. The normalized spacial score (nSPS) is 14.9. The molecule has 2 aromatic rings. The first-order valence-electron chi connectivity index (χ1n) is 9.34. The Morgan fingerprint density at radius 2 is 1.89 bits per heavy atom. The molecule has 0 aromatic heterocycles. The topological polar surface area (TPSA) is 46.0 Å². The number of halogens is 1. The van der Waals surface area contributed by atoms with Gasteiger partial charge in [0, 0.05) is 30.0 Å². The summed E-state index contributed by atoms with van der Waals surface area (Å²) in [6.07, 6.45) is 2.48. The van der Waals surface area contributed by atoms with E-state index in [1.807, 2.05) is 25.2 Å². The van der Waals surface area contributed by atoms with E-state index in [1.165, 1.54) is 31.7 Å². The Kier molecular flexibility index (Phi) is 6.29. The van der Waals surface area contributed by atoms with Gasteiger partial charge in [0.2, 0.25) is 0 Å². The van der Waals surface area contributed by atoms with Gasteiger partial charge in [-0.3, -0.25) is 4.79 Å². The van der Waals surface area contributed by atoms with Gasteiger partial charge in [-0.1, -0.05) is 0 Å². The summed E-state index contributed by atoms with van der Waals surface area (Å²) in [6.45, 7) is 3.07. The maximum Gasteiger partial charge on any atom is 0.279 e. The molecule has 1 fully saturated rings. The summed E-state index contributed by atoms with van der Waals surface area (Å²) in [6, 6.07) is 12.9. The Hall–Kier alpha value is -2.60. The molecule has 3 rings (SSSR count). The smallest absolute Gasteiger partial charge is 0.279 e. The maximum atomic E-state index is 13.8. The van der Waals surface area contributed by atoms with Gasteiger partial charge in [-0.25, -0.2) is 4.39 Å². The van der Waals surface area contributed by atoms with Gasteiger partial charge in [0.1, 0.15) is 6.54 Å². The first kappa shape index (κ1) is 19.2. The maximum absolute atomic E-state index is 13.8. The van der Waals surface area contributed by atoms with Crippen LogP contribution in [0.5, 0.6) is 5.75 Å². The summed E-state index contributed by atoms with van der Waals surface area (Å²) in [5.41, 5.74) is 2.83. The summed E-state index contributed by atoms with van der Waals surface area (Å²) in [5.74, 6) is -0.215. The molecule has 0 spiro atoms. The summed E-state index contributed by atoms with van der Waals surface area (Å²) in [7, 11) is 3.36. The number of nitrogens with zero attached hydrogens (tertiary/aromatic N) is 1. The molecule has 1 heterocycles. The number of hydrogen-bond acceptors (Lipinski definition) is 3. The van der Waals surface area contributed by atoms with E-state index in [0.29, 0.717) is 13.1 Å². The van der Waals surface area contributed by atoms with E-state index in [2.05, 4.69) is 22.3 Å². The van der Waals surface area contributed by atoms with Crippen LogP contribution in [-0.2, 0) is 11.3 Å². The number of benzene rings is 2. The van der Waals surface area contributed by atoms with Gasteiger partial charge in [-0.15, -0.1) is 0 Å². The van der Waals surface area contributed by atoms with Gasteiger partial charge in [-0.2, -0.15) is 0 Å². The average Bonchev–Trinajstić information content (AvgIpc) is 3.17. The third-order valence-corrected chi connectivity index (χ3v) is 4.81. The van der Waals surface area contributed by atoms with Crippen LogP contribution in [0.25, 0.3) is 0 Å². The number of likely N-dealkylation sites (N-methyl/N-ethyl adjacent to an activating group) is 1. The van der Waals surface area contributed by atoms with Crippen LogP contribution in [0, 0.1) is 5.82 Å². The van der Waals surface area contributed by atoms with Gasteiger partial charge in [0.25, 0.3) is 5.91 Å². The van der Waals surface area contributed by atoms with Crippen molar-refractivity contribution in [2.45, 2.75) is 19.4 Å². The van der Waals surface area contributed by atoms with Crippen molar-refractivity contribution in [1.82, 2.24) is 0 Å². The molecule has 0 saturated carbocycles. The highest BCUT2D eigenvalue weighted by molar-refractivity contribution is 5.91. The quantitative estimate of drug-likeness (QED) is 0.782. The van der Waals surface area contributed by atoms with E-state index in [-0.39, 0.29) is 17.5 Å². The highest BCUT2D eigenvalue weighted by atomic mass is 19.1. The standard InChI is InChI=1S/C21H26FN3O2/c1-24(14-16-5-10-20(27-2)19(22)13-16)15-21(26)23-17-6-8-18(9-7-17)25-11-3-4-12-25/h5-10,13H,3-4,11-12,14-15H2,1-2H3,(H,23,26)/p+1. The number of methoxy groups -OCH3 is 1. The fraction of sp³-hybridized carbons (Fsp3) is 0.381. The van der Waals surface area contributed by atoms with Crippen LogP contribution in [0.4, 0.5) is 15.8 Å². The zero-order valence-corrected chi connectivity index (χ0v) is 15.9. The Morgan fingerprint density at radius 3 is 2.52 bits per heavy atom. The summed E-state index contributed by atoms with van der Waals surface area (Å²) in [5, 5.41) is 2.93. The second-order valence-electron chi connectivity index (χ2n) is 7.07. The zero-order chi connectivity index (χ0) is 19.2. The van der Waals surface area contributed by atoms with Gasteiger partial charge < -0.3 is 19.9 Å². The number of quaternary nitrogens is 1. The van der Waals surface area contributed by atoms with Crippen molar-refractivity contribution in [3.8, 4) is 5.75 Å². The summed E-state index contributed by atoms with van der Waals surface area (Å²) >= 11 is 0. The molecule has 0 radical (unpaired) electrons. The zero-order valence-electron chi connectivity index (χ0n) is 15.9. The fourth-order valence-electron chi connectivity index (χ4n) is 3.44. The van der Waals surface area contributed by atoms with E-state index in [0.717, 1.165) is 29.2 Å². The Balaban J connectivity index is 1.50. The molecule has 1 aliphatic heterocycles. The minimum atomic E-state index is -0.384. The molecule has 5 nitrogen and oxygen atoms in total. The van der Waals surface area contributed by atoms with Crippen LogP contribution in [0.15, 0.2) is 42.5 Å². The van der Waals surface area contributed by atoms with Crippen LogP contribution in [0.1, 0.15) is 18.4 Å². The van der Waals surface area contributed by atoms with Crippen LogP contribution in [0.2, 0.25) is 0 Å². The van der Waals surface area contributed by atoms with Crippen molar-refractivity contribution in [3.63, 3.8) is 0 Å². The first-order chi connectivity index (χ1) is 13.0. The highest BCUT2D eigenvalue weighted by Gasteiger charge is 2.14. The number of nitrogens with one attached hydrogen (secondary N) is 2. The number of anilines is 2. The van der Waals surface area contributed by atoms with E-state index in [9.17, 15) is 9.18 Å². The van der Waals surface area contributed by atoms with E-state index >= 15 is 0 Å². The highest BCUT2D eigenvalue weighted by Crippen LogP contribution is 2.22. The average molecular weight is 372 g/mol. The molecule has 0 bridgehead atoms. The third kappa shape index (κ3) is 5.20. The fourth-order valence-corrected chi connectivity index (χ4v) is 3.44. The number of ether oxygens (including phenoxy) is 1. The molecule has 1 aliphatic rings. The Bertz CT molecular complexity index is 773. The number of rotatable bonds is 7. The monoisotopic (exact) mass is 372 g/mol. The molecular weight excluding hydrogens is 345 g/mol. The third-order valence-electron chi connectivity index (χ3n) is 4.81. The second kappa shape index (κ2) is 8.86. The molecule has 6 heteroatoms. The lowest BCUT2D eigenvalue weighted by atomic mass is 10.2. The van der Waals surface area contributed by atoms with E-state index in [4.69, 9.17) is 4.74 Å². The predicted molar refractivity (Wildman–Crippen MR) is 105 cm³/mol. The van der Waals surface area contributed by atoms with Crippen molar-refractivity contribution >= 4 is 17.3 Å². The van der Waals surface area contributed by atoms with Crippen molar-refractivity contribution in [3.05, 3.63) is 53.8 Å². The molecule has 27 heavy (non-hydrogen) atoms. The molecule has 0 aliphatic carbocycles. The van der Waals surface area contributed by atoms with Gasteiger partial charge in [0.15, 0.2) is 18.1 Å². The second-order valence-corrected chi connectivity index (χ2v) is 7.07. The lowest BCUT2D eigenvalue weighted by molar-refractivity contribution is -0.885. The Labute approximate surface area is 159 Å². The number of carbonyl (C=O) groups excluding carboxylic acids is 1. The van der Waals surface area contributed by atoms with Crippen molar-refractivity contribution in [1.29, 1.82) is 0 Å². The lowest BCUT2D eigenvalue weighted by Gasteiger charge is -2.18. The van der Waals surface area contributed by atoms with Gasteiger partial charge in [-0.05, 0) is 55.3 Å². The molecular formula is C21H27FN3O2+. The van der Waals surface area contributed by atoms with Crippen LogP contribution < -0.4 is 19.9 Å².